The van der Waals surface area contributed by atoms with Gasteiger partial charge in [0.2, 0.25) is 18.7 Å². The maximum Gasteiger partial charge on any atom is 0.245 e. The second-order valence-electron chi connectivity index (χ2n) is 14.0. The number of benzene rings is 2. The maximum atomic E-state index is 13.0. The third-order valence-corrected chi connectivity index (χ3v) is 9.73. The van der Waals surface area contributed by atoms with Crippen LogP contribution in [-0.4, -0.2) is 48.3 Å². The molecule has 1 saturated heterocycles. The highest BCUT2D eigenvalue weighted by molar-refractivity contribution is 6.30. The summed E-state index contributed by atoms with van der Waals surface area (Å²) in [5.74, 6) is 0.837. The summed E-state index contributed by atoms with van der Waals surface area (Å²) in [6.07, 6.45) is 16.1. The molecule has 3 aliphatic rings. The van der Waals surface area contributed by atoms with Crippen LogP contribution in [0.25, 0.3) is 0 Å². The zero-order chi connectivity index (χ0) is 32.0. The molecule has 2 fully saturated rings. The molecular weight excluding hydrogens is 570 g/mol. The lowest BCUT2D eigenvalue weighted by atomic mass is 9.65. The van der Waals surface area contributed by atoms with Gasteiger partial charge in [0.1, 0.15) is 6.04 Å². The first-order chi connectivity index (χ1) is 21.0. The van der Waals surface area contributed by atoms with Gasteiger partial charge in [0, 0.05) is 30.1 Å². The van der Waals surface area contributed by atoms with Crippen molar-refractivity contribution < 1.29 is 14.4 Å². The molecule has 2 aromatic rings. The smallest absolute Gasteiger partial charge is 0.245 e. The topological polar surface area (TPSA) is 78.5 Å². The Morgan fingerprint density at radius 2 is 1.48 bits per heavy atom. The number of nitrogens with one attached hydrogen (secondary N) is 2. The predicted octanol–water partition coefficient (Wildman–Crippen LogP) is 7.30. The van der Waals surface area contributed by atoms with Gasteiger partial charge in [-0.15, -0.1) is 0 Å². The molecule has 3 amide bonds. The number of aryl methyl sites for hydroxylation is 2. The fraction of sp³-hybridized carbons (Fsp3) is 0.595. The summed E-state index contributed by atoms with van der Waals surface area (Å²) < 4.78 is 0. The van der Waals surface area contributed by atoms with E-state index in [0.717, 1.165) is 37.4 Å². The molecule has 1 atom stereocenters. The van der Waals surface area contributed by atoms with Gasteiger partial charge in [-0.2, -0.15) is 0 Å². The zero-order valence-corrected chi connectivity index (χ0v) is 28.1. The number of hydrogen-bond donors (Lipinski definition) is 2. The Kier molecular flexibility index (Phi) is 14.2. The minimum absolute atomic E-state index is 0.0303. The van der Waals surface area contributed by atoms with E-state index in [1.54, 1.807) is 11.1 Å². The van der Waals surface area contributed by atoms with Gasteiger partial charge >= 0.3 is 0 Å². The van der Waals surface area contributed by atoms with Crippen molar-refractivity contribution in [1.82, 2.24) is 15.5 Å². The molecule has 0 radical (unpaired) electrons. The van der Waals surface area contributed by atoms with Crippen LogP contribution in [0.5, 0.6) is 0 Å². The van der Waals surface area contributed by atoms with Crippen LogP contribution in [0.4, 0.5) is 0 Å². The van der Waals surface area contributed by atoms with Crippen LogP contribution >= 0.6 is 11.6 Å². The average Bonchev–Trinajstić information content (AvgIpc) is 3.02. The van der Waals surface area contributed by atoms with Crippen LogP contribution in [0.1, 0.15) is 102 Å². The van der Waals surface area contributed by atoms with Crippen molar-refractivity contribution >= 4 is 30.3 Å². The lowest BCUT2D eigenvalue weighted by molar-refractivity contribution is -0.137. The minimum Gasteiger partial charge on any atom is -0.354 e. The van der Waals surface area contributed by atoms with Gasteiger partial charge in [0.05, 0.1) is 0 Å². The molecule has 2 aromatic carbocycles. The first-order valence-corrected chi connectivity index (χ1v) is 16.9. The molecule has 7 heteroatoms. The van der Waals surface area contributed by atoms with Gasteiger partial charge in [0.15, 0.2) is 0 Å². The second-order valence-corrected chi connectivity index (χ2v) is 14.4. The molecule has 1 saturated carbocycles. The van der Waals surface area contributed by atoms with Crippen LogP contribution in [0.15, 0.2) is 48.5 Å². The van der Waals surface area contributed by atoms with Crippen LogP contribution in [-0.2, 0) is 33.6 Å². The molecule has 6 nitrogen and oxygen atoms in total. The van der Waals surface area contributed by atoms with Crippen molar-refractivity contribution in [3.05, 3.63) is 70.2 Å². The molecule has 1 heterocycles. The zero-order valence-electron chi connectivity index (χ0n) is 27.4. The van der Waals surface area contributed by atoms with Gasteiger partial charge in [-0.1, -0.05) is 74.2 Å². The van der Waals surface area contributed by atoms with E-state index in [-0.39, 0.29) is 11.4 Å². The fourth-order valence-electron chi connectivity index (χ4n) is 6.67. The van der Waals surface area contributed by atoms with E-state index < -0.39 is 6.04 Å². The monoisotopic (exact) mass is 623 g/mol. The van der Waals surface area contributed by atoms with Crippen molar-refractivity contribution in [3.63, 3.8) is 0 Å². The molecule has 2 N–H and O–H groups in total. The number of piperidine rings is 1. The highest BCUT2D eigenvalue weighted by Gasteiger charge is 2.39. The van der Waals surface area contributed by atoms with Crippen molar-refractivity contribution in [1.29, 1.82) is 0 Å². The molecule has 0 aromatic heterocycles. The van der Waals surface area contributed by atoms with Gasteiger partial charge in [-0.3, -0.25) is 14.4 Å². The summed E-state index contributed by atoms with van der Waals surface area (Å²) in [4.78, 5) is 35.7. The lowest BCUT2D eigenvalue weighted by Gasteiger charge is -2.46. The molecule has 0 spiro atoms. The molecule has 242 valence electrons. The number of carbonyl (C=O) groups is 3. The number of fused-ring (bicyclic) bond motifs is 1. The number of carbonyl (C=O) groups excluding carboxylic acids is 3. The van der Waals surface area contributed by atoms with E-state index in [1.165, 1.54) is 57.8 Å². The second kappa shape index (κ2) is 17.6. The van der Waals surface area contributed by atoms with Gasteiger partial charge < -0.3 is 15.5 Å². The summed E-state index contributed by atoms with van der Waals surface area (Å²) in [6.45, 7) is 9.80. The molecule has 0 bridgehead atoms. The summed E-state index contributed by atoms with van der Waals surface area (Å²) in [6, 6.07) is 15.7. The quantitative estimate of drug-likeness (QED) is 0.318. The van der Waals surface area contributed by atoms with Crippen LogP contribution in [0.3, 0.4) is 0 Å². The van der Waals surface area contributed by atoms with Gasteiger partial charge in [0.25, 0.3) is 0 Å². The number of rotatable bonds is 7. The Morgan fingerprint density at radius 3 is 1.95 bits per heavy atom. The Morgan fingerprint density at radius 1 is 0.909 bits per heavy atom. The highest BCUT2D eigenvalue weighted by atomic mass is 35.5. The van der Waals surface area contributed by atoms with Crippen molar-refractivity contribution in [2.75, 3.05) is 13.1 Å². The first-order valence-electron chi connectivity index (χ1n) is 16.6. The molecule has 44 heavy (non-hydrogen) atoms. The molecular formula is C37H54ClN3O3. The summed E-state index contributed by atoms with van der Waals surface area (Å²) in [5, 5.41) is 6.00. The maximum absolute atomic E-state index is 13.0. The van der Waals surface area contributed by atoms with Crippen molar-refractivity contribution in [3.8, 4) is 0 Å². The van der Waals surface area contributed by atoms with E-state index in [4.69, 9.17) is 11.6 Å². The highest BCUT2D eigenvalue weighted by Crippen LogP contribution is 2.45. The number of hydrogen-bond acceptors (Lipinski definition) is 3. The number of likely N-dealkylation sites (tertiary alicyclic amines) is 1. The van der Waals surface area contributed by atoms with Crippen LogP contribution in [0.2, 0.25) is 5.02 Å². The van der Waals surface area contributed by atoms with E-state index >= 15 is 0 Å². The molecule has 5 rings (SSSR count). The Balaban J connectivity index is 0.000000252. The van der Waals surface area contributed by atoms with Gasteiger partial charge in [-0.25, -0.2) is 0 Å². The Labute approximate surface area is 270 Å². The lowest BCUT2D eigenvalue weighted by Crippen LogP contribution is -2.52. The SMILES string of the molecule is CC(C)(C)NC=O.CC1(C2CCCCC2)CCN(C(=O)C(Cc2ccc(Cl)cc2)NC=O)CC1.c1ccc2c(c1)CCCC2. The normalized spacial score (nSPS) is 18.6. The van der Waals surface area contributed by atoms with E-state index in [2.05, 4.69) is 41.8 Å². The molecule has 1 unspecified atom stereocenters. The third-order valence-electron chi connectivity index (χ3n) is 9.48. The number of nitrogens with zero attached hydrogens (tertiary/aromatic N) is 1. The number of amides is 3. The summed E-state index contributed by atoms with van der Waals surface area (Å²) in [7, 11) is 0. The van der Waals surface area contributed by atoms with Gasteiger partial charge in [-0.05, 0) is 112 Å². The summed E-state index contributed by atoms with van der Waals surface area (Å²) >= 11 is 5.94. The average molecular weight is 624 g/mol. The predicted molar refractivity (Wildman–Crippen MR) is 181 cm³/mol. The Bertz CT molecular complexity index is 1140. The van der Waals surface area contributed by atoms with Crippen LogP contribution in [0, 0.1) is 11.3 Å². The largest absolute Gasteiger partial charge is 0.354 e. The summed E-state index contributed by atoms with van der Waals surface area (Å²) in [5.41, 5.74) is 4.45. The number of halogens is 1. The molecule has 1 aliphatic heterocycles. The Hall–Kier alpha value is -2.86. The molecule has 2 aliphatic carbocycles. The van der Waals surface area contributed by atoms with E-state index in [1.807, 2.05) is 49.9 Å². The van der Waals surface area contributed by atoms with Crippen molar-refractivity contribution in [2.24, 2.45) is 11.3 Å². The van der Waals surface area contributed by atoms with E-state index in [9.17, 15) is 14.4 Å². The van der Waals surface area contributed by atoms with Crippen molar-refractivity contribution in [2.45, 2.75) is 116 Å². The third kappa shape index (κ3) is 11.6. The standard InChI is InChI=1S/C22H31ClN2O2.C10H12.C5H11NO/c1-22(18-5-3-2-4-6-18)11-13-25(14-12-22)21(27)20(24-16-26)15-17-7-9-19(23)10-8-17;1-2-6-10-8-4-3-7-9(10)5-1;1-5(2,3)6-4-7/h7-10,16,18,20H,2-6,11-15H2,1H3,(H,24,26);1-2,5-6H,3-4,7-8H2;4H,1-3H3,(H,6,7). The minimum atomic E-state index is -0.511. The van der Waals surface area contributed by atoms with Crippen LogP contribution < -0.4 is 10.6 Å². The first kappa shape index (κ1) is 35.6. The van der Waals surface area contributed by atoms with E-state index in [0.29, 0.717) is 29.7 Å². The fourth-order valence-corrected chi connectivity index (χ4v) is 6.80.